The Kier molecular flexibility index (Phi) is 17.0. The molecule has 1 aliphatic rings. The standard InChI is InChI=1S/C50H58F3N7O8S/c1-31(33-8-10-34(11-9-33)44-32(2)56-30-69-44)57-46(62)42-7-6-16-60(42)48(63)45(49(3,4)5)59-43(61)29-67-22-21-65-18-17-64-19-20-66-23-24-68-47-39(50(51,52)53)25-36(27-55-47)35-12-13-37-38-28-54-15-14-40(38)58-41(37)26-35/h8-15,25-28,30-31,42,45,58H,6-7,16-24,29H2,1-5H3,(H,57,62)(H,59,61). The lowest BCUT2D eigenvalue weighted by Crippen LogP contribution is -2.58. The topological polar surface area (TPSA) is 179 Å². The SMILES string of the molecule is Cc1ncsc1-c1ccc(C(C)NC(=O)C2CCCN2C(=O)C(NC(=O)COCCOCCOCCOCCOc2ncc(-c3ccc4c(c3)[nH]c3ccncc34)cc2C(F)(F)F)C(C)(C)C)cc1. The number of benzene rings is 2. The Hall–Kier alpha value is -5.99. The molecule has 5 heterocycles. The van der Waals surface area contributed by atoms with E-state index in [9.17, 15) is 27.6 Å². The maximum absolute atomic E-state index is 14.1. The van der Waals surface area contributed by atoms with Gasteiger partial charge in [-0.1, -0.05) is 57.2 Å². The van der Waals surface area contributed by atoms with E-state index in [4.69, 9.17) is 23.7 Å². The van der Waals surface area contributed by atoms with Crippen molar-refractivity contribution >= 4 is 50.9 Å². The molecular weight excluding hydrogens is 916 g/mol. The molecule has 6 aromatic rings. The number of thiazole rings is 1. The van der Waals surface area contributed by atoms with Crippen LogP contribution in [0.2, 0.25) is 0 Å². The molecule has 19 heteroatoms. The van der Waals surface area contributed by atoms with Crippen molar-refractivity contribution in [2.24, 2.45) is 5.41 Å². The minimum absolute atomic E-state index is 0.0168. The molecule has 2 aromatic carbocycles. The van der Waals surface area contributed by atoms with Crippen LogP contribution in [0.5, 0.6) is 5.88 Å². The molecule has 368 valence electrons. The van der Waals surface area contributed by atoms with Crippen molar-refractivity contribution in [3.8, 4) is 27.4 Å². The minimum Gasteiger partial charge on any atom is -0.475 e. The maximum atomic E-state index is 14.1. The summed E-state index contributed by atoms with van der Waals surface area (Å²) in [4.78, 5) is 58.9. The molecule has 0 spiro atoms. The van der Waals surface area contributed by atoms with Gasteiger partial charge in [-0.25, -0.2) is 9.97 Å². The zero-order valence-corrected chi connectivity index (χ0v) is 40.1. The number of H-pyrrole nitrogens is 1. The van der Waals surface area contributed by atoms with Crippen LogP contribution in [0.3, 0.4) is 0 Å². The molecule has 1 fully saturated rings. The number of carbonyl (C=O) groups excluding carboxylic acids is 3. The fourth-order valence-corrected chi connectivity index (χ4v) is 8.90. The van der Waals surface area contributed by atoms with Crippen LogP contribution in [0.4, 0.5) is 13.2 Å². The zero-order chi connectivity index (χ0) is 49.1. The molecule has 0 radical (unpaired) electrons. The average Bonchev–Trinajstić information content (AvgIpc) is 4.09. The predicted octanol–water partition coefficient (Wildman–Crippen LogP) is 8.07. The van der Waals surface area contributed by atoms with E-state index in [1.54, 1.807) is 40.8 Å². The molecule has 4 aromatic heterocycles. The van der Waals surface area contributed by atoms with Gasteiger partial charge in [-0.3, -0.25) is 19.4 Å². The lowest BCUT2D eigenvalue weighted by atomic mass is 9.85. The fraction of sp³-hybridized carbons (Fsp3) is 0.440. The van der Waals surface area contributed by atoms with Gasteiger partial charge in [0.2, 0.25) is 23.6 Å². The van der Waals surface area contributed by atoms with Gasteiger partial charge in [0.15, 0.2) is 0 Å². The number of alkyl halides is 3. The van der Waals surface area contributed by atoms with Gasteiger partial charge in [-0.05, 0) is 67.0 Å². The first kappa shape index (κ1) is 50.9. The molecule has 0 aliphatic carbocycles. The van der Waals surface area contributed by atoms with Crippen molar-refractivity contribution in [1.82, 2.24) is 35.5 Å². The molecule has 0 saturated carbocycles. The summed E-state index contributed by atoms with van der Waals surface area (Å²) >= 11 is 1.58. The van der Waals surface area contributed by atoms with Crippen molar-refractivity contribution in [2.75, 3.05) is 66.0 Å². The number of halogens is 3. The quantitative estimate of drug-likeness (QED) is 0.0561. The van der Waals surface area contributed by atoms with E-state index in [-0.39, 0.29) is 77.3 Å². The number of fused-ring (bicyclic) bond motifs is 3. The van der Waals surface area contributed by atoms with Crippen LogP contribution in [0.15, 0.2) is 78.7 Å². The van der Waals surface area contributed by atoms with Crippen LogP contribution in [0.1, 0.15) is 63.4 Å². The number of nitrogens with zero attached hydrogens (tertiary/aromatic N) is 4. The third-order valence-electron chi connectivity index (χ3n) is 11.7. The summed E-state index contributed by atoms with van der Waals surface area (Å²) in [5, 5.41) is 7.76. The summed E-state index contributed by atoms with van der Waals surface area (Å²) in [5.41, 5.74) is 5.68. The second-order valence-electron chi connectivity index (χ2n) is 17.8. The van der Waals surface area contributed by atoms with Gasteiger partial charge in [-0.15, -0.1) is 11.3 Å². The number of aryl methyl sites for hydroxylation is 1. The number of aromatic nitrogens is 4. The Morgan fingerprint density at radius 1 is 0.812 bits per heavy atom. The number of pyridine rings is 2. The van der Waals surface area contributed by atoms with Crippen LogP contribution in [-0.4, -0.2) is 121 Å². The van der Waals surface area contributed by atoms with Gasteiger partial charge < -0.3 is 44.2 Å². The fourth-order valence-electron chi connectivity index (χ4n) is 8.09. The van der Waals surface area contributed by atoms with E-state index in [2.05, 4.69) is 30.6 Å². The van der Waals surface area contributed by atoms with Gasteiger partial charge >= 0.3 is 6.18 Å². The van der Waals surface area contributed by atoms with Crippen LogP contribution in [0, 0.1) is 12.3 Å². The second kappa shape index (κ2) is 23.1. The lowest BCUT2D eigenvalue weighted by molar-refractivity contribution is -0.144. The summed E-state index contributed by atoms with van der Waals surface area (Å²) in [7, 11) is 0. The van der Waals surface area contributed by atoms with Crippen molar-refractivity contribution in [2.45, 2.75) is 71.8 Å². The average molecular weight is 974 g/mol. The summed E-state index contributed by atoms with van der Waals surface area (Å²) in [5.74, 6) is -1.55. The highest BCUT2D eigenvalue weighted by Crippen LogP contribution is 2.38. The van der Waals surface area contributed by atoms with Crippen molar-refractivity contribution in [1.29, 1.82) is 0 Å². The molecule has 3 unspecified atom stereocenters. The first-order chi connectivity index (χ1) is 33.1. The number of nitrogens with one attached hydrogen (secondary N) is 3. The molecule has 1 saturated heterocycles. The van der Waals surface area contributed by atoms with Crippen LogP contribution in [0.25, 0.3) is 43.4 Å². The van der Waals surface area contributed by atoms with Gasteiger partial charge in [-0.2, -0.15) is 13.2 Å². The Morgan fingerprint density at radius 3 is 2.16 bits per heavy atom. The highest BCUT2D eigenvalue weighted by molar-refractivity contribution is 7.13. The minimum atomic E-state index is -4.69. The zero-order valence-electron chi connectivity index (χ0n) is 39.3. The number of likely N-dealkylation sites (tertiary alicyclic amines) is 1. The van der Waals surface area contributed by atoms with Crippen LogP contribution in [-0.2, 0) is 39.5 Å². The van der Waals surface area contributed by atoms with Crippen molar-refractivity contribution < 1.29 is 51.2 Å². The largest absolute Gasteiger partial charge is 0.475 e. The van der Waals surface area contributed by atoms with E-state index >= 15 is 0 Å². The van der Waals surface area contributed by atoms with E-state index in [0.717, 1.165) is 49.6 Å². The van der Waals surface area contributed by atoms with E-state index < -0.39 is 41.0 Å². The number of rotatable bonds is 22. The number of ether oxygens (including phenoxy) is 5. The Labute approximate surface area is 402 Å². The molecule has 7 rings (SSSR count). The smallest absolute Gasteiger partial charge is 0.421 e. The Balaban J connectivity index is 0.749. The summed E-state index contributed by atoms with van der Waals surface area (Å²) in [6, 6.07) is 14.4. The van der Waals surface area contributed by atoms with Gasteiger partial charge in [0.1, 0.15) is 30.9 Å². The predicted molar refractivity (Wildman–Crippen MR) is 256 cm³/mol. The van der Waals surface area contributed by atoms with Gasteiger partial charge in [0.25, 0.3) is 0 Å². The molecule has 3 amide bonds. The van der Waals surface area contributed by atoms with Crippen LogP contribution < -0.4 is 15.4 Å². The normalized spacial score (nSPS) is 15.1. The van der Waals surface area contributed by atoms with E-state index in [1.165, 1.54) is 6.20 Å². The van der Waals surface area contributed by atoms with E-state index in [0.29, 0.717) is 30.5 Å². The van der Waals surface area contributed by atoms with Crippen LogP contribution >= 0.6 is 11.3 Å². The highest BCUT2D eigenvalue weighted by Gasteiger charge is 2.42. The number of amides is 3. The molecule has 3 atom stereocenters. The van der Waals surface area contributed by atoms with Crippen molar-refractivity contribution in [3.05, 3.63) is 95.5 Å². The molecular formula is C50H58F3N7O8S. The van der Waals surface area contributed by atoms with Gasteiger partial charge in [0.05, 0.1) is 68.4 Å². The van der Waals surface area contributed by atoms with E-state index in [1.807, 2.05) is 76.5 Å². The Bertz CT molecular complexity index is 2690. The molecule has 15 nitrogen and oxygen atoms in total. The lowest BCUT2D eigenvalue weighted by Gasteiger charge is -2.35. The maximum Gasteiger partial charge on any atom is 0.421 e. The third-order valence-corrected chi connectivity index (χ3v) is 12.7. The third kappa shape index (κ3) is 13.2. The van der Waals surface area contributed by atoms with Gasteiger partial charge in [0, 0.05) is 52.5 Å². The van der Waals surface area contributed by atoms with Crippen molar-refractivity contribution in [3.63, 3.8) is 0 Å². The molecule has 0 bridgehead atoms. The summed E-state index contributed by atoms with van der Waals surface area (Å²) in [6.45, 7) is 10.7. The number of hydrogen-bond donors (Lipinski definition) is 3. The summed E-state index contributed by atoms with van der Waals surface area (Å²) in [6.07, 6.45) is 1.26. The summed E-state index contributed by atoms with van der Waals surface area (Å²) < 4.78 is 69.6. The molecule has 3 N–H and O–H groups in total. The Morgan fingerprint density at radius 2 is 1.49 bits per heavy atom. The molecule has 1 aliphatic heterocycles. The first-order valence-electron chi connectivity index (χ1n) is 22.9. The number of hydrogen-bond acceptors (Lipinski definition) is 12. The monoisotopic (exact) mass is 973 g/mol. The second-order valence-corrected chi connectivity index (χ2v) is 18.6. The first-order valence-corrected chi connectivity index (χ1v) is 23.7. The number of carbonyl (C=O) groups is 3. The molecule has 69 heavy (non-hydrogen) atoms. The highest BCUT2D eigenvalue weighted by atomic mass is 32.1. The number of aromatic amines is 1.